The predicted molar refractivity (Wildman–Crippen MR) is 97.3 cm³/mol. The molecule has 2 heterocycles. The van der Waals surface area contributed by atoms with E-state index in [1.54, 1.807) is 28.0 Å². The molecule has 9 nitrogen and oxygen atoms in total. The molecule has 2 aromatic rings. The van der Waals surface area contributed by atoms with Crippen LogP contribution < -0.4 is 5.69 Å². The van der Waals surface area contributed by atoms with E-state index >= 15 is 0 Å². The molecule has 2 amide bonds. The first kappa shape index (κ1) is 18.7. The summed E-state index contributed by atoms with van der Waals surface area (Å²) in [7, 11) is 1.29. The average molecular weight is 374 g/mol. The van der Waals surface area contributed by atoms with Crippen LogP contribution in [0.5, 0.6) is 0 Å². The third kappa shape index (κ3) is 4.36. The summed E-state index contributed by atoms with van der Waals surface area (Å²) in [6.45, 7) is 1.94. The number of hydrogen-bond donors (Lipinski definition) is 2. The Morgan fingerprint density at radius 3 is 2.48 bits per heavy atom. The van der Waals surface area contributed by atoms with Crippen molar-refractivity contribution in [3.05, 3.63) is 34.2 Å². The number of H-pyrrole nitrogens is 2. The van der Waals surface area contributed by atoms with E-state index < -0.39 is 5.97 Å². The smallest absolute Gasteiger partial charge is 0.323 e. The number of benzene rings is 1. The number of carbonyl (C=O) groups excluding carboxylic acids is 3. The third-order valence-electron chi connectivity index (χ3n) is 4.67. The van der Waals surface area contributed by atoms with Gasteiger partial charge in [-0.15, -0.1) is 0 Å². The van der Waals surface area contributed by atoms with Gasteiger partial charge in [0.05, 0.1) is 24.6 Å². The van der Waals surface area contributed by atoms with Crippen LogP contribution in [-0.2, 0) is 14.3 Å². The van der Waals surface area contributed by atoms with E-state index in [0.29, 0.717) is 49.2 Å². The number of imidazole rings is 1. The third-order valence-corrected chi connectivity index (χ3v) is 4.67. The van der Waals surface area contributed by atoms with Crippen molar-refractivity contribution in [1.29, 1.82) is 0 Å². The molecule has 1 aliphatic heterocycles. The molecular weight excluding hydrogens is 352 g/mol. The summed E-state index contributed by atoms with van der Waals surface area (Å²) in [5, 5.41) is 0. The molecule has 0 bridgehead atoms. The first-order valence-corrected chi connectivity index (χ1v) is 8.84. The molecule has 0 unspecified atom stereocenters. The zero-order valence-electron chi connectivity index (χ0n) is 15.1. The minimum absolute atomic E-state index is 0.0589. The highest BCUT2D eigenvalue weighted by atomic mass is 16.5. The Bertz CT molecular complexity index is 916. The highest BCUT2D eigenvalue weighted by molar-refractivity contribution is 5.97. The Labute approximate surface area is 155 Å². The maximum atomic E-state index is 12.8. The van der Waals surface area contributed by atoms with Crippen LogP contribution in [0.3, 0.4) is 0 Å². The van der Waals surface area contributed by atoms with Crippen molar-refractivity contribution in [3.63, 3.8) is 0 Å². The maximum Gasteiger partial charge on any atom is 0.323 e. The van der Waals surface area contributed by atoms with Crippen LogP contribution in [0, 0.1) is 0 Å². The van der Waals surface area contributed by atoms with Crippen molar-refractivity contribution >= 4 is 28.8 Å². The topological polar surface area (TPSA) is 116 Å². The summed E-state index contributed by atoms with van der Waals surface area (Å²) in [5.41, 5.74) is 1.41. The normalized spacial score (nSPS) is 14.9. The molecule has 3 rings (SSSR count). The molecule has 1 fully saturated rings. The fraction of sp³-hybridized carbons (Fsp3) is 0.444. The predicted octanol–water partition coefficient (Wildman–Crippen LogP) is 0.484. The Hall–Kier alpha value is -3.10. The van der Waals surface area contributed by atoms with E-state index in [1.807, 2.05) is 0 Å². The van der Waals surface area contributed by atoms with Crippen LogP contribution in [0.2, 0.25) is 0 Å². The number of hydrogen-bond acceptors (Lipinski definition) is 5. The maximum absolute atomic E-state index is 12.8. The Kier molecular flexibility index (Phi) is 5.58. The van der Waals surface area contributed by atoms with Crippen molar-refractivity contribution in [3.8, 4) is 0 Å². The number of amides is 2. The summed E-state index contributed by atoms with van der Waals surface area (Å²) in [5.74, 6) is -0.656. The minimum atomic E-state index is -0.409. The van der Waals surface area contributed by atoms with Gasteiger partial charge in [-0.25, -0.2) is 4.79 Å². The second-order valence-corrected chi connectivity index (χ2v) is 6.44. The molecule has 1 aliphatic rings. The van der Waals surface area contributed by atoms with Gasteiger partial charge in [-0.3, -0.25) is 14.4 Å². The largest absolute Gasteiger partial charge is 0.469 e. The first-order valence-electron chi connectivity index (χ1n) is 8.84. The van der Waals surface area contributed by atoms with Gasteiger partial charge in [0.15, 0.2) is 0 Å². The van der Waals surface area contributed by atoms with Crippen molar-refractivity contribution in [2.45, 2.75) is 19.3 Å². The number of ether oxygens (including phenoxy) is 1. The van der Waals surface area contributed by atoms with E-state index in [1.165, 1.54) is 7.11 Å². The van der Waals surface area contributed by atoms with E-state index in [4.69, 9.17) is 0 Å². The number of aromatic nitrogens is 2. The lowest BCUT2D eigenvalue weighted by Gasteiger charge is -2.22. The van der Waals surface area contributed by atoms with Crippen LogP contribution in [0.25, 0.3) is 11.0 Å². The standard InChI is InChI=1S/C18H22N4O5/c1-27-16(24)6-5-15(23)21-7-2-8-22(10-9-21)17(25)12-3-4-13-14(11-12)20-18(26)19-13/h3-4,11H,2,5-10H2,1H3,(H2,19,20,26). The molecule has 9 heteroatoms. The molecule has 1 saturated heterocycles. The number of methoxy groups -OCH3 is 1. The van der Waals surface area contributed by atoms with Gasteiger partial charge in [-0.2, -0.15) is 0 Å². The molecule has 1 aromatic carbocycles. The van der Waals surface area contributed by atoms with Gasteiger partial charge in [0, 0.05) is 38.2 Å². The van der Waals surface area contributed by atoms with Gasteiger partial charge >= 0.3 is 11.7 Å². The van der Waals surface area contributed by atoms with Crippen LogP contribution in [0.15, 0.2) is 23.0 Å². The van der Waals surface area contributed by atoms with Gasteiger partial charge in [0.1, 0.15) is 0 Å². The van der Waals surface area contributed by atoms with Gasteiger partial charge in [0.2, 0.25) is 5.91 Å². The number of fused-ring (bicyclic) bond motifs is 1. The monoisotopic (exact) mass is 374 g/mol. The molecule has 144 valence electrons. The summed E-state index contributed by atoms with van der Waals surface area (Å²) in [6.07, 6.45) is 0.834. The van der Waals surface area contributed by atoms with E-state index in [-0.39, 0.29) is 30.3 Å². The lowest BCUT2D eigenvalue weighted by molar-refractivity contribution is -0.143. The fourth-order valence-electron chi connectivity index (χ4n) is 3.19. The number of esters is 1. The van der Waals surface area contributed by atoms with E-state index in [0.717, 1.165) is 0 Å². The van der Waals surface area contributed by atoms with Crippen molar-refractivity contribution in [2.24, 2.45) is 0 Å². The molecule has 0 saturated carbocycles. The second-order valence-electron chi connectivity index (χ2n) is 6.44. The summed E-state index contributed by atoms with van der Waals surface area (Å²) >= 11 is 0. The average Bonchev–Trinajstić information content (AvgIpc) is 2.88. The molecule has 27 heavy (non-hydrogen) atoms. The minimum Gasteiger partial charge on any atom is -0.469 e. The number of aromatic amines is 2. The second kappa shape index (κ2) is 8.07. The molecule has 0 spiro atoms. The van der Waals surface area contributed by atoms with Crippen molar-refractivity contribution in [1.82, 2.24) is 19.8 Å². The summed E-state index contributed by atoms with van der Waals surface area (Å²) in [6, 6.07) is 5.03. The number of nitrogens with zero attached hydrogens (tertiary/aromatic N) is 2. The van der Waals surface area contributed by atoms with Crippen LogP contribution in [0.4, 0.5) is 0 Å². The number of rotatable bonds is 4. The highest BCUT2D eigenvalue weighted by Gasteiger charge is 2.23. The number of carbonyl (C=O) groups is 3. The molecule has 0 atom stereocenters. The summed E-state index contributed by atoms with van der Waals surface area (Å²) < 4.78 is 4.56. The van der Waals surface area contributed by atoms with Gasteiger partial charge in [0.25, 0.3) is 5.91 Å². The van der Waals surface area contributed by atoms with Crippen molar-refractivity contribution < 1.29 is 19.1 Å². The highest BCUT2D eigenvalue weighted by Crippen LogP contribution is 2.14. The summed E-state index contributed by atoms with van der Waals surface area (Å²) in [4.78, 5) is 56.3. The molecule has 1 aromatic heterocycles. The first-order chi connectivity index (χ1) is 13.0. The molecule has 0 aliphatic carbocycles. The fourth-order valence-corrected chi connectivity index (χ4v) is 3.19. The van der Waals surface area contributed by atoms with Crippen LogP contribution >= 0.6 is 0 Å². The van der Waals surface area contributed by atoms with Crippen LogP contribution in [-0.4, -0.2) is 70.8 Å². The van der Waals surface area contributed by atoms with Gasteiger partial charge in [-0.1, -0.05) is 0 Å². The SMILES string of the molecule is COC(=O)CCC(=O)N1CCCN(C(=O)c2ccc3[nH]c(=O)[nH]c3c2)CC1. The van der Waals surface area contributed by atoms with Gasteiger partial charge in [-0.05, 0) is 24.6 Å². The molecular formula is C18H22N4O5. The Morgan fingerprint density at radius 2 is 1.70 bits per heavy atom. The quantitative estimate of drug-likeness (QED) is 0.756. The van der Waals surface area contributed by atoms with E-state index in [2.05, 4.69) is 14.7 Å². The molecule has 0 radical (unpaired) electrons. The Balaban J connectivity index is 1.62. The lowest BCUT2D eigenvalue weighted by atomic mass is 10.1. The number of nitrogens with one attached hydrogen (secondary N) is 2. The van der Waals surface area contributed by atoms with E-state index in [9.17, 15) is 19.2 Å². The zero-order chi connectivity index (χ0) is 19.4. The Morgan fingerprint density at radius 1 is 1.00 bits per heavy atom. The zero-order valence-corrected chi connectivity index (χ0v) is 15.1. The van der Waals surface area contributed by atoms with Crippen LogP contribution in [0.1, 0.15) is 29.6 Å². The van der Waals surface area contributed by atoms with Gasteiger partial charge < -0.3 is 24.5 Å². The molecule has 2 N–H and O–H groups in total. The van der Waals surface area contributed by atoms with Crippen molar-refractivity contribution in [2.75, 3.05) is 33.3 Å². The lowest BCUT2D eigenvalue weighted by Crippen LogP contribution is -2.37.